The standard InChI is InChI=1S/C26H47N5O/c1-3-4-5-6-7-8-9-10-11-12-13-14-15-16-19-32-20-17-18-23(2)31-22-30-24-25(27)28-21-29-26(24)31/h21-23H,3-20H2,1-2H3,(H2,27,28,29). The van der Waals surface area contributed by atoms with Crippen LogP contribution in [0, 0.1) is 0 Å². The van der Waals surface area contributed by atoms with E-state index in [1.807, 2.05) is 6.33 Å². The molecule has 2 rings (SSSR count). The highest BCUT2D eigenvalue weighted by atomic mass is 16.5. The smallest absolute Gasteiger partial charge is 0.165 e. The van der Waals surface area contributed by atoms with Crippen molar-refractivity contribution in [3.05, 3.63) is 12.7 Å². The Labute approximate surface area is 195 Å². The van der Waals surface area contributed by atoms with E-state index in [0.717, 1.165) is 31.7 Å². The van der Waals surface area contributed by atoms with E-state index in [0.29, 0.717) is 17.4 Å². The molecule has 1 unspecified atom stereocenters. The number of imidazole rings is 1. The van der Waals surface area contributed by atoms with E-state index in [1.165, 1.54) is 96.2 Å². The monoisotopic (exact) mass is 445 g/mol. The number of nitrogen functional groups attached to an aromatic ring is 1. The zero-order valence-corrected chi connectivity index (χ0v) is 20.7. The third kappa shape index (κ3) is 10.3. The fraction of sp³-hybridized carbons (Fsp3) is 0.808. The molecule has 0 aliphatic heterocycles. The van der Waals surface area contributed by atoms with Crippen molar-refractivity contribution in [2.75, 3.05) is 18.9 Å². The van der Waals surface area contributed by atoms with Gasteiger partial charge in [0.15, 0.2) is 11.5 Å². The highest BCUT2D eigenvalue weighted by Crippen LogP contribution is 2.21. The van der Waals surface area contributed by atoms with Gasteiger partial charge in [-0.25, -0.2) is 15.0 Å². The average molecular weight is 446 g/mol. The molecule has 1 atom stereocenters. The molecule has 2 aromatic rings. The van der Waals surface area contributed by atoms with Gasteiger partial charge in [-0.1, -0.05) is 90.4 Å². The number of nitrogens with zero attached hydrogens (tertiary/aromatic N) is 4. The van der Waals surface area contributed by atoms with Crippen LogP contribution in [-0.4, -0.2) is 32.7 Å². The van der Waals surface area contributed by atoms with Gasteiger partial charge in [0, 0.05) is 19.3 Å². The van der Waals surface area contributed by atoms with Crippen LogP contribution in [0.4, 0.5) is 5.82 Å². The number of anilines is 1. The van der Waals surface area contributed by atoms with Crippen molar-refractivity contribution in [3.8, 4) is 0 Å². The molecule has 182 valence electrons. The molecular formula is C26H47N5O. The van der Waals surface area contributed by atoms with Gasteiger partial charge >= 0.3 is 0 Å². The lowest BCUT2D eigenvalue weighted by atomic mass is 10.0. The van der Waals surface area contributed by atoms with Crippen LogP contribution in [0.1, 0.15) is 123 Å². The van der Waals surface area contributed by atoms with Gasteiger partial charge < -0.3 is 15.0 Å². The average Bonchev–Trinajstić information content (AvgIpc) is 3.24. The van der Waals surface area contributed by atoms with Crippen molar-refractivity contribution in [3.63, 3.8) is 0 Å². The van der Waals surface area contributed by atoms with Crippen LogP contribution >= 0.6 is 0 Å². The highest BCUT2D eigenvalue weighted by molar-refractivity contribution is 5.81. The Bertz CT molecular complexity index is 717. The molecule has 32 heavy (non-hydrogen) atoms. The molecule has 0 amide bonds. The first-order chi connectivity index (χ1) is 15.7. The summed E-state index contributed by atoms with van der Waals surface area (Å²) in [5.74, 6) is 0.442. The maximum absolute atomic E-state index is 5.87. The van der Waals surface area contributed by atoms with Crippen molar-refractivity contribution >= 4 is 17.0 Å². The van der Waals surface area contributed by atoms with Gasteiger partial charge in [-0.2, -0.15) is 0 Å². The predicted octanol–water partition coefficient (Wildman–Crippen LogP) is 7.25. The van der Waals surface area contributed by atoms with Gasteiger partial charge in [0.05, 0.1) is 6.33 Å². The summed E-state index contributed by atoms with van der Waals surface area (Å²) in [7, 11) is 0. The number of fused-ring (bicyclic) bond motifs is 1. The van der Waals surface area contributed by atoms with Gasteiger partial charge in [0.25, 0.3) is 0 Å². The molecule has 0 radical (unpaired) electrons. The Kier molecular flexibility index (Phi) is 14.0. The van der Waals surface area contributed by atoms with E-state index >= 15 is 0 Å². The van der Waals surface area contributed by atoms with Gasteiger partial charge in [0.1, 0.15) is 11.8 Å². The van der Waals surface area contributed by atoms with Crippen molar-refractivity contribution in [1.82, 2.24) is 19.5 Å². The fourth-order valence-corrected chi connectivity index (χ4v) is 4.31. The molecule has 0 bridgehead atoms. The largest absolute Gasteiger partial charge is 0.382 e. The second-order valence-corrected chi connectivity index (χ2v) is 9.28. The molecule has 2 aromatic heterocycles. The summed E-state index contributed by atoms with van der Waals surface area (Å²) in [6.45, 7) is 6.19. The number of aromatic nitrogens is 4. The van der Waals surface area contributed by atoms with Crippen LogP contribution in [-0.2, 0) is 4.74 Å². The van der Waals surface area contributed by atoms with E-state index in [1.54, 1.807) is 0 Å². The highest BCUT2D eigenvalue weighted by Gasteiger charge is 2.12. The number of rotatable bonds is 20. The summed E-state index contributed by atoms with van der Waals surface area (Å²) in [5.41, 5.74) is 7.37. The minimum atomic E-state index is 0.318. The minimum Gasteiger partial charge on any atom is -0.382 e. The van der Waals surface area contributed by atoms with Gasteiger partial charge in [0.2, 0.25) is 0 Å². The van der Waals surface area contributed by atoms with Crippen molar-refractivity contribution in [1.29, 1.82) is 0 Å². The van der Waals surface area contributed by atoms with Crippen molar-refractivity contribution in [2.45, 2.75) is 123 Å². The summed E-state index contributed by atoms with van der Waals surface area (Å²) < 4.78 is 7.93. The first-order valence-corrected chi connectivity index (χ1v) is 13.2. The molecule has 0 fully saturated rings. The molecule has 0 aromatic carbocycles. The molecule has 0 spiro atoms. The zero-order valence-electron chi connectivity index (χ0n) is 20.7. The van der Waals surface area contributed by atoms with E-state index in [9.17, 15) is 0 Å². The zero-order chi connectivity index (χ0) is 22.9. The molecule has 6 heteroatoms. The Morgan fingerprint density at radius 1 is 0.781 bits per heavy atom. The normalized spacial score (nSPS) is 12.6. The molecular weight excluding hydrogens is 398 g/mol. The summed E-state index contributed by atoms with van der Waals surface area (Å²) in [5, 5.41) is 0. The first-order valence-electron chi connectivity index (χ1n) is 13.2. The summed E-state index contributed by atoms with van der Waals surface area (Å²) >= 11 is 0. The Hall–Kier alpha value is -1.69. The first kappa shape index (κ1) is 26.6. The molecule has 0 aliphatic carbocycles. The number of unbranched alkanes of at least 4 members (excludes halogenated alkanes) is 13. The quantitative estimate of drug-likeness (QED) is 0.217. The Balaban J connectivity index is 1.36. The van der Waals surface area contributed by atoms with Gasteiger partial charge in [-0.05, 0) is 26.2 Å². The number of hydrogen-bond donors (Lipinski definition) is 1. The molecule has 0 saturated carbocycles. The van der Waals surface area contributed by atoms with Gasteiger partial charge in [-0.3, -0.25) is 0 Å². The van der Waals surface area contributed by atoms with Crippen LogP contribution < -0.4 is 5.73 Å². The molecule has 0 saturated heterocycles. The summed E-state index contributed by atoms with van der Waals surface area (Å²) in [4.78, 5) is 12.7. The maximum Gasteiger partial charge on any atom is 0.165 e. The third-order valence-electron chi connectivity index (χ3n) is 6.41. The van der Waals surface area contributed by atoms with E-state index in [2.05, 4.69) is 33.4 Å². The topological polar surface area (TPSA) is 78.9 Å². The van der Waals surface area contributed by atoms with E-state index < -0.39 is 0 Å². The Morgan fingerprint density at radius 3 is 1.97 bits per heavy atom. The fourth-order valence-electron chi connectivity index (χ4n) is 4.31. The lowest BCUT2D eigenvalue weighted by Crippen LogP contribution is -2.07. The molecule has 6 nitrogen and oxygen atoms in total. The SMILES string of the molecule is CCCCCCCCCCCCCCCCOCCCC(C)n1cnc2c(N)ncnc21. The van der Waals surface area contributed by atoms with Gasteiger partial charge in [-0.15, -0.1) is 0 Å². The summed E-state index contributed by atoms with van der Waals surface area (Å²) in [6, 6.07) is 0.318. The van der Waals surface area contributed by atoms with Crippen LogP contribution in [0.2, 0.25) is 0 Å². The molecule has 0 aliphatic rings. The number of ether oxygens (including phenoxy) is 1. The van der Waals surface area contributed by atoms with Crippen LogP contribution in [0.15, 0.2) is 12.7 Å². The van der Waals surface area contributed by atoms with Crippen molar-refractivity contribution < 1.29 is 4.74 Å². The second-order valence-electron chi connectivity index (χ2n) is 9.28. The lowest BCUT2D eigenvalue weighted by Gasteiger charge is -2.13. The maximum atomic E-state index is 5.87. The summed E-state index contributed by atoms with van der Waals surface area (Å²) in [6.07, 6.45) is 24.9. The molecule has 2 heterocycles. The minimum absolute atomic E-state index is 0.318. The van der Waals surface area contributed by atoms with Crippen LogP contribution in [0.25, 0.3) is 11.2 Å². The lowest BCUT2D eigenvalue weighted by molar-refractivity contribution is 0.123. The van der Waals surface area contributed by atoms with Crippen LogP contribution in [0.3, 0.4) is 0 Å². The Morgan fingerprint density at radius 2 is 1.34 bits per heavy atom. The third-order valence-corrected chi connectivity index (χ3v) is 6.41. The number of hydrogen-bond acceptors (Lipinski definition) is 5. The number of nitrogens with two attached hydrogens (primary N) is 1. The second kappa shape index (κ2) is 16.9. The molecule has 2 N–H and O–H groups in total. The van der Waals surface area contributed by atoms with E-state index in [4.69, 9.17) is 10.5 Å². The van der Waals surface area contributed by atoms with Crippen molar-refractivity contribution in [2.24, 2.45) is 0 Å². The van der Waals surface area contributed by atoms with Crippen LogP contribution in [0.5, 0.6) is 0 Å². The predicted molar refractivity (Wildman–Crippen MR) is 135 cm³/mol. The van der Waals surface area contributed by atoms with E-state index in [-0.39, 0.29) is 0 Å².